The lowest BCUT2D eigenvalue weighted by atomic mass is 10.1. The van der Waals surface area contributed by atoms with Gasteiger partial charge in [0.25, 0.3) is 0 Å². The van der Waals surface area contributed by atoms with Crippen molar-refractivity contribution in [3.63, 3.8) is 0 Å². The van der Waals surface area contributed by atoms with Gasteiger partial charge in [0.1, 0.15) is 0 Å². The molecule has 1 aromatic carbocycles. The van der Waals surface area contributed by atoms with Gasteiger partial charge in [-0.3, -0.25) is 0 Å². The molecule has 0 aliphatic rings. The highest BCUT2D eigenvalue weighted by atomic mass is 32.1. The Labute approximate surface area is 111 Å². The molecule has 0 aliphatic carbocycles. The van der Waals surface area contributed by atoms with E-state index in [9.17, 15) is 0 Å². The summed E-state index contributed by atoms with van der Waals surface area (Å²) in [5.41, 5.74) is 8.28. The maximum absolute atomic E-state index is 5.77. The molecule has 0 unspecified atom stereocenters. The van der Waals surface area contributed by atoms with Crippen molar-refractivity contribution in [1.82, 2.24) is 4.57 Å². The van der Waals surface area contributed by atoms with Gasteiger partial charge in [0.2, 0.25) is 0 Å². The summed E-state index contributed by atoms with van der Waals surface area (Å²) in [6.45, 7) is 1.63. The molecule has 2 aromatic heterocycles. The van der Waals surface area contributed by atoms with Crippen molar-refractivity contribution in [3.8, 4) is 0 Å². The summed E-state index contributed by atoms with van der Waals surface area (Å²) in [7, 11) is 0. The number of fused-ring (bicyclic) bond motifs is 1. The van der Waals surface area contributed by atoms with E-state index in [0.717, 1.165) is 13.0 Å². The molecule has 0 saturated carbocycles. The molecular formula is C15H16N2S. The van der Waals surface area contributed by atoms with E-state index in [-0.39, 0.29) is 0 Å². The number of aryl methyl sites for hydroxylation is 2. The van der Waals surface area contributed by atoms with Gasteiger partial charge in [0.15, 0.2) is 0 Å². The number of benzene rings is 1. The third-order valence-electron chi connectivity index (χ3n) is 3.30. The molecule has 0 atom stereocenters. The van der Waals surface area contributed by atoms with Crippen LogP contribution in [0.4, 0.5) is 0 Å². The zero-order valence-electron chi connectivity index (χ0n) is 10.2. The molecule has 0 amide bonds. The molecule has 0 saturated heterocycles. The van der Waals surface area contributed by atoms with E-state index >= 15 is 0 Å². The van der Waals surface area contributed by atoms with Crippen molar-refractivity contribution >= 4 is 22.2 Å². The lowest BCUT2D eigenvalue weighted by molar-refractivity contribution is 0.729. The van der Waals surface area contributed by atoms with E-state index in [2.05, 4.69) is 52.5 Å². The second kappa shape index (κ2) is 4.96. The largest absolute Gasteiger partial charge is 0.347 e. The van der Waals surface area contributed by atoms with Gasteiger partial charge in [0.05, 0.1) is 0 Å². The first kappa shape index (κ1) is 11.5. The van der Waals surface area contributed by atoms with Crippen LogP contribution >= 0.6 is 11.3 Å². The van der Waals surface area contributed by atoms with Crippen molar-refractivity contribution in [2.24, 2.45) is 5.73 Å². The zero-order valence-corrected chi connectivity index (χ0v) is 11.0. The van der Waals surface area contributed by atoms with Crippen LogP contribution in [0.5, 0.6) is 0 Å². The Morgan fingerprint density at radius 1 is 1.11 bits per heavy atom. The van der Waals surface area contributed by atoms with Crippen LogP contribution in [0, 0.1) is 0 Å². The van der Waals surface area contributed by atoms with E-state index < -0.39 is 0 Å². The molecule has 0 fully saturated rings. The topological polar surface area (TPSA) is 30.9 Å². The van der Waals surface area contributed by atoms with Crippen LogP contribution < -0.4 is 5.73 Å². The number of hydrogen-bond donors (Lipinski definition) is 1. The van der Waals surface area contributed by atoms with Gasteiger partial charge in [0, 0.05) is 35.1 Å². The molecule has 3 heteroatoms. The normalized spacial score (nSPS) is 11.2. The van der Waals surface area contributed by atoms with Gasteiger partial charge < -0.3 is 10.3 Å². The first-order valence-electron chi connectivity index (χ1n) is 6.17. The van der Waals surface area contributed by atoms with Crippen molar-refractivity contribution in [3.05, 3.63) is 58.4 Å². The minimum atomic E-state index is 0.603. The maximum Gasteiger partial charge on any atom is 0.0483 e. The van der Waals surface area contributed by atoms with E-state index in [0.29, 0.717) is 6.54 Å². The van der Waals surface area contributed by atoms with Crippen LogP contribution in [0.1, 0.15) is 10.4 Å². The lowest BCUT2D eigenvalue weighted by Crippen LogP contribution is -2.00. The molecule has 3 aromatic rings. The molecule has 2 nitrogen and oxygen atoms in total. The Morgan fingerprint density at radius 3 is 2.83 bits per heavy atom. The van der Waals surface area contributed by atoms with Gasteiger partial charge in [-0.15, -0.1) is 11.3 Å². The SMILES string of the molecule is NCc1cccc2c1ccn2CCc1cccs1. The minimum absolute atomic E-state index is 0.603. The van der Waals surface area contributed by atoms with E-state index in [1.54, 1.807) is 0 Å². The standard InChI is InChI=1S/C15H16N2S/c16-11-12-3-1-5-15-14(12)7-9-17(15)8-6-13-4-2-10-18-13/h1-5,7,9-10H,6,8,11,16H2. The summed E-state index contributed by atoms with van der Waals surface area (Å²) in [4.78, 5) is 1.44. The monoisotopic (exact) mass is 256 g/mol. The highest BCUT2D eigenvalue weighted by molar-refractivity contribution is 7.09. The lowest BCUT2D eigenvalue weighted by Gasteiger charge is -2.05. The minimum Gasteiger partial charge on any atom is -0.347 e. The van der Waals surface area contributed by atoms with Crippen molar-refractivity contribution < 1.29 is 0 Å². The van der Waals surface area contributed by atoms with Crippen LogP contribution in [0.3, 0.4) is 0 Å². The van der Waals surface area contributed by atoms with Crippen LogP contribution in [-0.4, -0.2) is 4.57 Å². The maximum atomic E-state index is 5.77. The van der Waals surface area contributed by atoms with Crippen LogP contribution in [0.15, 0.2) is 48.0 Å². The second-order valence-electron chi connectivity index (χ2n) is 4.39. The van der Waals surface area contributed by atoms with E-state index in [1.807, 2.05) is 11.3 Å². The molecule has 18 heavy (non-hydrogen) atoms. The smallest absolute Gasteiger partial charge is 0.0483 e. The molecule has 0 spiro atoms. The third-order valence-corrected chi connectivity index (χ3v) is 4.24. The Kier molecular flexibility index (Phi) is 3.17. The van der Waals surface area contributed by atoms with Gasteiger partial charge in [-0.25, -0.2) is 0 Å². The predicted octanol–water partition coefficient (Wildman–Crippen LogP) is 3.40. The zero-order chi connectivity index (χ0) is 12.4. The highest BCUT2D eigenvalue weighted by Gasteiger charge is 2.04. The summed E-state index contributed by atoms with van der Waals surface area (Å²) >= 11 is 1.82. The number of thiophene rings is 1. The number of hydrogen-bond acceptors (Lipinski definition) is 2. The van der Waals surface area contributed by atoms with Crippen molar-refractivity contribution in [1.29, 1.82) is 0 Å². The highest BCUT2D eigenvalue weighted by Crippen LogP contribution is 2.21. The molecule has 3 rings (SSSR count). The first-order chi connectivity index (χ1) is 8.88. The summed E-state index contributed by atoms with van der Waals surface area (Å²) in [5, 5.41) is 3.42. The predicted molar refractivity (Wildman–Crippen MR) is 77.9 cm³/mol. The number of rotatable bonds is 4. The van der Waals surface area contributed by atoms with Crippen LogP contribution in [0.25, 0.3) is 10.9 Å². The Hall–Kier alpha value is -1.58. The molecule has 0 bridgehead atoms. The fourth-order valence-electron chi connectivity index (χ4n) is 2.35. The van der Waals surface area contributed by atoms with E-state index in [1.165, 1.54) is 21.3 Å². The van der Waals surface area contributed by atoms with Crippen molar-refractivity contribution in [2.45, 2.75) is 19.5 Å². The molecule has 0 radical (unpaired) electrons. The average molecular weight is 256 g/mol. The van der Waals surface area contributed by atoms with Crippen LogP contribution in [-0.2, 0) is 19.5 Å². The van der Waals surface area contributed by atoms with Gasteiger partial charge in [-0.2, -0.15) is 0 Å². The Balaban J connectivity index is 1.88. The van der Waals surface area contributed by atoms with Gasteiger partial charge >= 0.3 is 0 Å². The van der Waals surface area contributed by atoms with Crippen molar-refractivity contribution in [2.75, 3.05) is 0 Å². The van der Waals surface area contributed by atoms with Gasteiger partial charge in [-0.05, 0) is 35.6 Å². The molecule has 2 heterocycles. The molecule has 92 valence electrons. The fraction of sp³-hybridized carbons (Fsp3) is 0.200. The summed E-state index contributed by atoms with van der Waals surface area (Å²) in [6, 6.07) is 12.8. The fourth-order valence-corrected chi connectivity index (χ4v) is 3.04. The number of aromatic nitrogens is 1. The third kappa shape index (κ3) is 2.07. The summed E-state index contributed by atoms with van der Waals surface area (Å²) in [6.07, 6.45) is 3.26. The summed E-state index contributed by atoms with van der Waals surface area (Å²) in [5.74, 6) is 0. The Bertz CT molecular complexity index is 638. The molecule has 2 N–H and O–H groups in total. The first-order valence-corrected chi connectivity index (χ1v) is 7.05. The Morgan fingerprint density at radius 2 is 2.06 bits per heavy atom. The number of nitrogens with two attached hydrogens (primary N) is 1. The number of nitrogens with zero attached hydrogens (tertiary/aromatic N) is 1. The van der Waals surface area contributed by atoms with Gasteiger partial charge in [-0.1, -0.05) is 18.2 Å². The average Bonchev–Trinajstić information content (AvgIpc) is 3.05. The second-order valence-corrected chi connectivity index (χ2v) is 5.42. The van der Waals surface area contributed by atoms with E-state index in [4.69, 9.17) is 5.73 Å². The molecular weight excluding hydrogens is 240 g/mol. The van der Waals surface area contributed by atoms with Crippen LogP contribution in [0.2, 0.25) is 0 Å². The summed E-state index contributed by atoms with van der Waals surface area (Å²) < 4.78 is 2.31. The quantitative estimate of drug-likeness (QED) is 0.762. The molecule has 0 aliphatic heterocycles.